The molecule has 0 fully saturated rings. The normalized spacial score (nSPS) is 11.2. The van der Waals surface area contributed by atoms with Gasteiger partial charge in [0, 0.05) is 19.7 Å². The van der Waals surface area contributed by atoms with Crippen molar-refractivity contribution >= 4 is 17.3 Å². The summed E-state index contributed by atoms with van der Waals surface area (Å²) in [4.78, 5) is 13.0. The molecule has 0 unspecified atom stereocenters. The molecule has 1 amide bonds. The fraction of sp³-hybridized carbons (Fsp3) is 0.364. The van der Waals surface area contributed by atoms with Gasteiger partial charge in [0.05, 0.1) is 11.4 Å². The van der Waals surface area contributed by atoms with Gasteiger partial charge in [-0.3, -0.25) is 4.79 Å². The van der Waals surface area contributed by atoms with Crippen molar-refractivity contribution in [1.82, 2.24) is 4.90 Å². The summed E-state index contributed by atoms with van der Waals surface area (Å²) in [5.41, 5.74) is 6.18. The lowest BCUT2D eigenvalue weighted by atomic mass is 10.1. The number of nitrogens with zero attached hydrogens (tertiary/aromatic N) is 1. The molecule has 0 aliphatic carbocycles. The van der Waals surface area contributed by atoms with E-state index in [0.717, 1.165) is 0 Å². The molecule has 18 heavy (non-hydrogen) atoms. The third kappa shape index (κ3) is 3.83. The molecule has 0 radical (unpaired) electrons. The minimum Gasteiger partial charge on any atom is -0.397 e. The lowest BCUT2D eigenvalue weighted by Gasteiger charge is -2.14. The SMILES string of the molecule is CN(C)C(=O)c1ccc(NCC(F)(F)F)c(N)c1. The zero-order valence-electron chi connectivity index (χ0n) is 10.0. The van der Waals surface area contributed by atoms with Gasteiger partial charge in [-0.25, -0.2) is 0 Å². The van der Waals surface area contributed by atoms with Gasteiger partial charge >= 0.3 is 6.18 Å². The number of alkyl halides is 3. The molecule has 7 heteroatoms. The monoisotopic (exact) mass is 261 g/mol. The Balaban J connectivity index is 2.83. The standard InChI is InChI=1S/C11H14F3N3O/c1-17(2)10(18)7-3-4-9(8(15)5-7)16-6-11(12,13)14/h3-5,16H,6,15H2,1-2H3. The quantitative estimate of drug-likeness (QED) is 0.817. The number of hydrogen-bond acceptors (Lipinski definition) is 3. The Labute approximate surface area is 103 Å². The van der Waals surface area contributed by atoms with Gasteiger partial charge in [0.2, 0.25) is 0 Å². The molecule has 4 nitrogen and oxygen atoms in total. The van der Waals surface area contributed by atoms with Crippen LogP contribution in [0.3, 0.4) is 0 Å². The minimum absolute atomic E-state index is 0.104. The van der Waals surface area contributed by atoms with E-state index in [4.69, 9.17) is 5.73 Å². The topological polar surface area (TPSA) is 58.4 Å². The Morgan fingerprint density at radius 2 is 2.00 bits per heavy atom. The molecule has 0 atom stereocenters. The molecular weight excluding hydrogens is 247 g/mol. The third-order valence-electron chi connectivity index (χ3n) is 2.18. The first-order valence-electron chi connectivity index (χ1n) is 5.12. The van der Waals surface area contributed by atoms with Crippen LogP contribution in [-0.2, 0) is 0 Å². The van der Waals surface area contributed by atoms with E-state index < -0.39 is 12.7 Å². The summed E-state index contributed by atoms with van der Waals surface area (Å²) in [6, 6.07) is 4.14. The van der Waals surface area contributed by atoms with Crippen LogP contribution in [0.15, 0.2) is 18.2 Å². The molecule has 0 aliphatic heterocycles. The van der Waals surface area contributed by atoms with E-state index in [1.165, 1.54) is 23.1 Å². The predicted molar refractivity (Wildman–Crippen MR) is 63.4 cm³/mol. The van der Waals surface area contributed by atoms with E-state index in [1.54, 1.807) is 14.1 Å². The average Bonchev–Trinajstić information content (AvgIpc) is 2.25. The maximum Gasteiger partial charge on any atom is 0.405 e. The van der Waals surface area contributed by atoms with Crippen molar-refractivity contribution in [2.75, 3.05) is 31.7 Å². The molecule has 0 heterocycles. The molecule has 0 saturated carbocycles. The lowest BCUT2D eigenvalue weighted by molar-refractivity contribution is -0.115. The molecule has 3 N–H and O–H groups in total. The zero-order chi connectivity index (χ0) is 13.9. The van der Waals surface area contributed by atoms with E-state index >= 15 is 0 Å². The summed E-state index contributed by atoms with van der Waals surface area (Å²) in [5.74, 6) is -0.260. The Bertz CT molecular complexity index is 444. The number of carbonyl (C=O) groups excluding carboxylic acids is 1. The highest BCUT2D eigenvalue weighted by Gasteiger charge is 2.26. The number of halogens is 3. The highest BCUT2D eigenvalue weighted by atomic mass is 19.4. The number of nitrogen functional groups attached to an aromatic ring is 1. The van der Waals surface area contributed by atoms with Crippen LogP contribution in [-0.4, -0.2) is 37.6 Å². The van der Waals surface area contributed by atoms with Gasteiger partial charge < -0.3 is 16.0 Å². The van der Waals surface area contributed by atoms with Crippen molar-refractivity contribution in [2.45, 2.75) is 6.18 Å². The minimum atomic E-state index is -4.31. The molecular formula is C11H14F3N3O. The Morgan fingerprint density at radius 3 is 2.44 bits per heavy atom. The molecule has 0 saturated heterocycles. The summed E-state index contributed by atoms with van der Waals surface area (Å²) < 4.78 is 36.1. The summed E-state index contributed by atoms with van der Waals surface area (Å²) in [5, 5.41) is 2.17. The van der Waals surface area contributed by atoms with Crippen molar-refractivity contribution in [3.05, 3.63) is 23.8 Å². The van der Waals surface area contributed by atoms with Gasteiger partial charge in [-0.15, -0.1) is 0 Å². The summed E-state index contributed by atoms with van der Waals surface area (Å²) in [7, 11) is 3.16. The van der Waals surface area contributed by atoms with Crippen LogP contribution in [0.25, 0.3) is 0 Å². The average molecular weight is 261 g/mol. The second-order valence-corrected chi connectivity index (χ2v) is 3.97. The van der Waals surface area contributed by atoms with Gasteiger partial charge in [-0.2, -0.15) is 13.2 Å². The summed E-state index contributed by atoms with van der Waals surface area (Å²) >= 11 is 0. The van der Waals surface area contributed by atoms with Gasteiger partial charge in [-0.05, 0) is 18.2 Å². The molecule has 0 aliphatic rings. The van der Waals surface area contributed by atoms with Crippen LogP contribution >= 0.6 is 0 Å². The van der Waals surface area contributed by atoms with Crippen molar-refractivity contribution in [3.8, 4) is 0 Å². The van der Waals surface area contributed by atoms with Gasteiger partial charge in [0.25, 0.3) is 5.91 Å². The fourth-order valence-corrected chi connectivity index (χ4v) is 1.31. The van der Waals surface area contributed by atoms with Crippen LogP contribution < -0.4 is 11.1 Å². The highest BCUT2D eigenvalue weighted by molar-refractivity contribution is 5.95. The number of nitrogens with two attached hydrogens (primary N) is 1. The molecule has 1 rings (SSSR count). The van der Waals surface area contributed by atoms with Crippen LogP contribution in [0, 0.1) is 0 Å². The zero-order valence-corrected chi connectivity index (χ0v) is 10.0. The first-order chi connectivity index (χ1) is 8.20. The predicted octanol–water partition coefficient (Wildman–Crippen LogP) is 1.94. The van der Waals surface area contributed by atoms with E-state index in [-0.39, 0.29) is 17.3 Å². The number of hydrogen-bond donors (Lipinski definition) is 2. The number of rotatable bonds is 3. The summed E-state index contributed by atoms with van der Waals surface area (Å²) in [6.07, 6.45) is -4.31. The van der Waals surface area contributed by atoms with Crippen molar-refractivity contribution in [1.29, 1.82) is 0 Å². The third-order valence-corrected chi connectivity index (χ3v) is 2.18. The van der Waals surface area contributed by atoms with Crippen molar-refractivity contribution in [2.24, 2.45) is 0 Å². The molecule has 100 valence electrons. The Hall–Kier alpha value is -1.92. The largest absolute Gasteiger partial charge is 0.405 e. The molecule has 1 aromatic rings. The molecule has 0 spiro atoms. The van der Waals surface area contributed by atoms with Gasteiger partial charge in [0.15, 0.2) is 0 Å². The molecule has 0 aromatic heterocycles. The van der Waals surface area contributed by atoms with E-state index in [9.17, 15) is 18.0 Å². The lowest BCUT2D eigenvalue weighted by Crippen LogP contribution is -2.23. The van der Waals surface area contributed by atoms with E-state index in [1.807, 2.05) is 0 Å². The number of nitrogens with one attached hydrogen (secondary N) is 1. The second-order valence-electron chi connectivity index (χ2n) is 3.97. The Kier molecular flexibility index (Phi) is 4.05. The van der Waals surface area contributed by atoms with E-state index in [0.29, 0.717) is 5.56 Å². The first-order valence-corrected chi connectivity index (χ1v) is 5.12. The fourth-order valence-electron chi connectivity index (χ4n) is 1.31. The first kappa shape index (κ1) is 14.1. The maximum absolute atomic E-state index is 12.0. The van der Waals surface area contributed by atoms with Gasteiger partial charge in [0.1, 0.15) is 6.54 Å². The number of carbonyl (C=O) groups is 1. The second kappa shape index (κ2) is 5.16. The van der Waals surface area contributed by atoms with E-state index in [2.05, 4.69) is 5.32 Å². The molecule has 0 bridgehead atoms. The van der Waals surface area contributed by atoms with Crippen LogP contribution in [0.4, 0.5) is 24.5 Å². The Morgan fingerprint density at radius 1 is 1.39 bits per heavy atom. The summed E-state index contributed by atoms with van der Waals surface area (Å²) in [6.45, 7) is -1.17. The highest BCUT2D eigenvalue weighted by Crippen LogP contribution is 2.23. The van der Waals surface area contributed by atoms with Crippen molar-refractivity contribution in [3.63, 3.8) is 0 Å². The van der Waals surface area contributed by atoms with Crippen LogP contribution in [0.5, 0.6) is 0 Å². The number of anilines is 2. The van der Waals surface area contributed by atoms with Crippen molar-refractivity contribution < 1.29 is 18.0 Å². The number of benzene rings is 1. The molecule has 1 aromatic carbocycles. The number of amides is 1. The smallest absolute Gasteiger partial charge is 0.397 e. The van der Waals surface area contributed by atoms with Gasteiger partial charge in [-0.1, -0.05) is 0 Å². The van der Waals surface area contributed by atoms with Crippen LogP contribution in [0.2, 0.25) is 0 Å². The maximum atomic E-state index is 12.0. The van der Waals surface area contributed by atoms with Crippen LogP contribution in [0.1, 0.15) is 10.4 Å².